The Morgan fingerprint density at radius 3 is 2.46 bits per heavy atom. The summed E-state index contributed by atoms with van der Waals surface area (Å²) in [4.78, 5) is 26.7. The van der Waals surface area contributed by atoms with Crippen LogP contribution in [0.2, 0.25) is 24.7 Å². The van der Waals surface area contributed by atoms with Crippen molar-refractivity contribution in [2.24, 2.45) is 5.92 Å². The number of ether oxygens (including phenoxy) is 1. The zero-order chi connectivity index (χ0) is 19.5. The number of rotatable bonds is 7. The predicted octanol–water partition coefficient (Wildman–Crippen LogP) is 3.40. The van der Waals surface area contributed by atoms with Crippen molar-refractivity contribution in [1.29, 1.82) is 5.26 Å². The first-order chi connectivity index (χ1) is 12.3. The number of nitriles is 1. The molecule has 1 aliphatic rings. The van der Waals surface area contributed by atoms with E-state index in [0.29, 0.717) is 12.0 Å². The maximum Gasteiger partial charge on any atom is 0.227 e. The molecule has 2 rings (SSSR count). The van der Waals surface area contributed by atoms with E-state index in [1.807, 2.05) is 37.3 Å². The standard InChI is InChI=1S/C20H26N2O3Si/c1-6-11-26(4,5)18-15(2)19(24)22(20(18,13-21)14-23)12-16-7-9-17(25-3)10-8-16/h6-10,14-15,18H,1,11-12H2,2-5H3/t15-,18-,20-/m1/s1. The molecule has 6 heteroatoms. The third-order valence-corrected chi connectivity index (χ3v) is 9.41. The molecule has 0 aliphatic carbocycles. The molecule has 0 saturated carbocycles. The van der Waals surface area contributed by atoms with E-state index in [2.05, 4.69) is 25.7 Å². The summed E-state index contributed by atoms with van der Waals surface area (Å²) in [5, 5.41) is 9.99. The van der Waals surface area contributed by atoms with Crippen LogP contribution < -0.4 is 4.74 Å². The topological polar surface area (TPSA) is 70.4 Å². The first-order valence-electron chi connectivity index (χ1n) is 8.70. The van der Waals surface area contributed by atoms with E-state index in [9.17, 15) is 14.9 Å². The molecule has 0 aromatic heterocycles. The second kappa shape index (κ2) is 7.46. The lowest BCUT2D eigenvalue weighted by Crippen LogP contribution is -2.53. The molecular weight excluding hydrogens is 344 g/mol. The Morgan fingerprint density at radius 2 is 2.00 bits per heavy atom. The second-order valence-electron chi connectivity index (χ2n) is 7.58. The van der Waals surface area contributed by atoms with Gasteiger partial charge >= 0.3 is 0 Å². The molecule has 1 amide bonds. The molecule has 0 radical (unpaired) electrons. The molecule has 0 bridgehead atoms. The lowest BCUT2D eigenvalue weighted by atomic mass is 9.94. The van der Waals surface area contributed by atoms with E-state index in [1.165, 1.54) is 4.90 Å². The van der Waals surface area contributed by atoms with Crippen molar-refractivity contribution in [2.75, 3.05) is 7.11 Å². The Labute approximate surface area is 156 Å². The molecular formula is C20H26N2O3Si. The van der Waals surface area contributed by atoms with Gasteiger partial charge in [0.05, 0.1) is 21.3 Å². The van der Waals surface area contributed by atoms with Gasteiger partial charge in [-0.3, -0.25) is 9.59 Å². The highest BCUT2D eigenvalue weighted by molar-refractivity contribution is 6.80. The molecule has 3 atom stereocenters. The zero-order valence-electron chi connectivity index (χ0n) is 15.9. The van der Waals surface area contributed by atoms with Gasteiger partial charge in [-0.25, -0.2) is 0 Å². The number of allylic oxidation sites excluding steroid dienone is 1. The highest BCUT2D eigenvalue weighted by atomic mass is 28.3. The Balaban J connectivity index is 2.47. The molecule has 1 heterocycles. The van der Waals surface area contributed by atoms with Crippen LogP contribution in [0.3, 0.4) is 0 Å². The molecule has 1 aromatic rings. The summed E-state index contributed by atoms with van der Waals surface area (Å²) in [7, 11) is -0.493. The van der Waals surface area contributed by atoms with Gasteiger partial charge < -0.3 is 9.64 Å². The number of carbonyl (C=O) groups excluding carboxylic acids is 2. The first kappa shape index (κ1) is 19.9. The molecule has 1 saturated heterocycles. The zero-order valence-corrected chi connectivity index (χ0v) is 16.9. The Kier molecular flexibility index (Phi) is 5.72. The number of benzene rings is 1. The Morgan fingerprint density at radius 1 is 1.38 bits per heavy atom. The molecule has 1 aromatic carbocycles. The van der Waals surface area contributed by atoms with Crippen LogP contribution in [0.5, 0.6) is 5.75 Å². The number of carbonyl (C=O) groups is 2. The van der Waals surface area contributed by atoms with Gasteiger partial charge in [0.25, 0.3) is 0 Å². The fourth-order valence-electron chi connectivity index (χ4n) is 4.31. The summed E-state index contributed by atoms with van der Waals surface area (Å²) in [6.45, 7) is 10.1. The van der Waals surface area contributed by atoms with Crippen LogP contribution in [0, 0.1) is 17.2 Å². The number of amides is 1. The third-order valence-electron chi connectivity index (χ3n) is 5.45. The van der Waals surface area contributed by atoms with E-state index in [-0.39, 0.29) is 23.9 Å². The Hall–Kier alpha value is -2.39. The fraction of sp³-hybridized carbons (Fsp3) is 0.450. The van der Waals surface area contributed by atoms with E-state index in [0.717, 1.165) is 11.6 Å². The summed E-state index contributed by atoms with van der Waals surface area (Å²) < 4.78 is 5.16. The summed E-state index contributed by atoms with van der Waals surface area (Å²) in [6, 6.07) is 10.3. The number of likely N-dealkylation sites (tertiary alicyclic amines) is 1. The van der Waals surface area contributed by atoms with E-state index >= 15 is 0 Å². The lowest BCUT2D eigenvalue weighted by Gasteiger charge is -2.39. The minimum atomic E-state index is -2.08. The SMILES string of the molecule is C=CC[Si](C)(C)[C@@H]1[C@@H](C)C(=O)N(Cc2ccc(OC)cc2)[C@]1(C#N)C=O. The highest BCUT2D eigenvalue weighted by Crippen LogP contribution is 2.50. The molecule has 138 valence electrons. The van der Waals surface area contributed by atoms with Crippen LogP contribution in [0.15, 0.2) is 36.9 Å². The minimum Gasteiger partial charge on any atom is -0.497 e. The van der Waals surface area contributed by atoms with Crippen LogP contribution in [0.1, 0.15) is 12.5 Å². The summed E-state index contributed by atoms with van der Waals surface area (Å²) in [5.74, 6) is 0.220. The van der Waals surface area contributed by atoms with Crippen molar-refractivity contribution < 1.29 is 14.3 Å². The van der Waals surface area contributed by atoms with E-state index in [4.69, 9.17) is 4.74 Å². The van der Waals surface area contributed by atoms with Gasteiger partial charge in [0.15, 0.2) is 11.8 Å². The van der Waals surface area contributed by atoms with Crippen molar-refractivity contribution in [2.45, 2.75) is 43.7 Å². The van der Waals surface area contributed by atoms with Crippen molar-refractivity contribution in [1.82, 2.24) is 4.90 Å². The maximum atomic E-state index is 13.0. The average molecular weight is 371 g/mol. The van der Waals surface area contributed by atoms with Gasteiger partial charge in [-0.15, -0.1) is 6.58 Å². The smallest absolute Gasteiger partial charge is 0.227 e. The Bertz CT molecular complexity index is 738. The van der Waals surface area contributed by atoms with Gasteiger partial charge in [-0.1, -0.05) is 38.2 Å². The molecule has 1 fully saturated rings. The number of methoxy groups -OCH3 is 1. The van der Waals surface area contributed by atoms with Crippen LogP contribution in [-0.4, -0.2) is 37.8 Å². The molecule has 0 unspecified atom stereocenters. The van der Waals surface area contributed by atoms with E-state index < -0.39 is 13.6 Å². The molecule has 0 N–H and O–H groups in total. The van der Waals surface area contributed by atoms with Crippen LogP contribution >= 0.6 is 0 Å². The highest BCUT2D eigenvalue weighted by Gasteiger charge is 2.62. The monoisotopic (exact) mass is 370 g/mol. The van der Waals surface area contributed by atoms with Gasteiger partial charge in [0.2, 0.25) is 5.91 Å². The number of aldehydes is 1. The molecule has 0 spiro atoms. The maximum absolute atomic E-state index is 13.0. The van der Waals surface area contributed by atoms with Crippen LogP contribution in [0.4, 0.5) is 0 Å². The predicted molar refractivity (Wildman–Crippen MR) is 103 cm³/mol. The number of hydrogen-bond acceptors (Lipinski definition) is 4. The number of hydrogen-bond donors (Lipinski definition) is 0. The largest absolute Gasteiger partial charge is 0.497 e. The fourth-order valence-corrected chi connectivity index (χ4v) is 8.28. The first-order valence-corrected chi connectivity index (χ1v) is 12.0. The summed E-state index contributed by atoms with van der Waals surface area (Å²) in [5.41, 5.74) is -0.840. The summed E-state index contributed by atoms with van der Waals surface area (Å²) in [6.07, 6.45) is 2.52. The minimum absolute atomic E-state index is 0.135. The van der Waals surface area contributed by atoms with Crippen LogP contribution in [-0.2, 0) is 16.1 Å². The second-order valence-corrected chi connectivity index (χ2v) is 12.6. The molecule has 1 aliphatic heterocycles. The lowest BCUT2D eigenvalue weighted by molar-refractivity contribution is -0.135. The van der Waals surface area contributed by atoms with Crippen molar-refractivity contribution >= 4 is 20.3 Å². The third kappa shape index (κ3) is 3.19. The van der Waals surface area contributed by atoms with Crippen molar-refractivity contribution in [3.8, 4) is 11.8 Å². The quantitative estimate of drug-likeness (QED) is 0.419. The van der Waals surface area contributed by atoms with Gasteiger partial charge in [-0.05, 0) is 23.7 Å². The van der Waals surface area contributed by atoms with Crippen molar-refractivity contribution in [3.05, 3.63) is 42.5 Å². The average Bonchev–Trinajstić information content (AvgIpc) is 2.84. The number of nitrogens with zero attached hydrogens (tertiary/aromatic N) is 2. The molecule has 26 heavy (non-hydrogen) atoms. The van der Waals surface area contributed by atoms with Crippen molar-refractivity contribution in [3.63, 3.8) is 0 Å². The van der Waals surface area contributed by atoms with Gasteiger partial charge in [0.1, 0.15) is 5.75 Å². The molecule has 5 nitrogen and oxygen atoms in total. The van der Waals surface area contributed by atoms with E-state index in [1.54, 1.807) is 7.11 Å². The van der Waals surface area contributed by atoms with Gasteiger partial charge in [-0.2, -0.15) is 5.26 Å². The van der Waals surface area contributed by atoms with Gasteiger partial charge in [0, 0.05) is 18.0 Å². The van der Waals surface area contributed by atoms with Crippen LogP contribution in [0.25, 0.3) is 0 Å². The normalized spacial score (nSPS) is 25.7. The summed E-state index contributed by atoms with van der Waals surface area (Å²) >= 11 is 0.